The molecule has 5 nitrogen and oxygen atoms in total. The maximum absolute atomic E-state index is 12.2. The summed E-state index contributed by atoms with van der Waals surface area (Å²) in [5.74, 6) is 0.588. The van der Waals surface area contributed by atoms with Gasteiger partial charge in [0.05, 0.1) is 12.1 Å². The molecule has 22 heavy (non-hydrogen) atoms. The molecule has 1 aliphatic heterocycles. The molecule has 1 aliphatic rings. The van der Waals surface area contributed by atoms with Crippen LogP contribution in [0, 0.1) is 5.92 Å². The van der Waals surface area contributed by atoms with Gasteiger partial charge in [0.25, 0.3) is 0 Å². The molecule has 1 fully saturated rings. The third-order valence-corrected chi connectivity index (χ3v) is 4.20. The molecule has 0 bridgehead atoms. The van der Waals surface area contributed by atoms with Gasteiger partial charge in [0.2, 0.25) is 5.91 Å². The van der Waals surface area contributed by atoms with E-state index in [2.05, 4.69) is 22.7 Å². The van der Waals surface area contributed by atoms with Crippen LogP contribution in [0.1, 0.15) is 18.9 Å². The summed E-state index contributed by atoms with van der Waals surface area (Å²) in [4.78, 5) is 12.2. The molecule has 2 atom stereocenters. The quantitative estimate of drug-likeness (QED) is 0.900. The first kappa shape index (κ1) is 14.8. The molecule has 2 N–H and O–H groups in total. The molecule has 1 amide bonds. The normalized spacial score (nSPS) is 21.5. The van der Waals surface area contributed by atoms with Crippen molar-refractivity contribution in [1.82, 2.24) is 20.4 Å². The Morgan fingerprint density at radius 2 is 2.23 bits per heavy atom. The molecule has 2 aromatic rings. The number of amides is 1. The minimum atomic E-state index is 0.102. The summed E-state index contributed by atoms with van der Waals surface area (Å²) in [6.45, 7) is 4.13. The molecule has 0 saturated carbocycles. The zero-order valence-electron chi connectivity index (χ0n) is 12.8. The Bertz CT molecular complexity index is 606. The molecular formula is C17H22N4O. The summed E-state index contributed by atoms with van der Waals surface area (Å²) in [6.07, 6.45) is 5.09. The van der Waals surface area contributed by atoms with Gasteiger partial charge in [-0.3, -0.25) is 4.79 Å². The summed E-state index contributed by atoms with van der Waals surface area (Å²) in [6, 6.07) is 10.1. The lowest BCUT2D eigenvalue weighted by atomic mass is 9.95. The van der Waals surface area contributed by atoms with Crippen LogP contribution in [-0.4, -0.2) is 34.8 Å². The van der Waals surface area contributed by atoms with E-state index in [-0.39, 0.29) is 11.9 Å². The second-order valence-corrected chi connectivity index (χ2v) is 5.94. The monoisotopic (exact) mass is 298 g/mol. The molecule has 0 aliphatic carbocycles. The predicted octanol–water partition coefficient (Wildman–Crippen LogP) is 1.53. The molecule has 0 radical (unpaired) electrons. The minimum Gasteiger partial charge on any atom is -0.353 e. The highest BCUT2D eigenvalue weighted by Gasteiger charge is 2.22. The number of hydrogen-bond donors (Lipinski definition) is 2. The summed E-state index contributed by atoms with van der Waals surface area (Å²) in [5, 5.41) is 10.7. The Balaban J connectivity index is 1.57. The Kier molecular flexibility index (Phi) is 4.53. The Morgan fingerprint density at radius 1 is 1.41 bits per heavy atom. The fraction of sp³-hybridized carbons (Fsp3) is 0.412. The van der Waals surface area contributed by atoms with Crippen molar-refractivity contribution in [2.24, 2.45) is 5.92 Å². The van der Waals surface area contributed by atoms with Crippen LogP contribution >= 0.6 is 0 Å². The average Bonchev–Trinajstić information content (AvgIpc) is 3.05. The third kappa shape index (κ3) is 3.54. The first-order valence-electron chi connectivity index (χ1n) is 7.81. The maximum Gasteiger partial charge on any atom is 0.224 e. The highest BCUT2D eigenvalue weighted by atomic mass is 16.1. The van der Waals surface area contributed by atoms with Gasteiger partial charge in [-0.05, 0) is 49.2 Å². The lowest BCUT2D eigenvalue weighted by Gasteiger charge is -2.30. The number of carbonyl (C=O) groups excluding carboxylic acids is 1. The van der Waals surface area contributed by atoms with E-state index >= 15 is 0 Å². The fourth-order valence-electron chi connectivity index (χ4n) is 2.86. The number of carbonyl (C=O) groups is 1. The Morgan fingerprint density at radius 3 is 2.91 bits per heavy atom. The molecule has 5 heteroatoms. The molecule has 3 rings (SSSR count). The van der Waals surface area contributed by atoms with Gasteiger partial charge < -0.3 is 10.6 Å². The predicted molar refractivity (Wildman–Crippen MR) is 85.8 cm³/mol. The smallest absolute Gasteiger partial charge is 0.224 e. The van der Waals surface area contributed by atoms with Gasteiger partial charge in [0.1, 0.15) is 0 Å². The highest BCUT2D eigenvalue weighted by molar-refractivity contribution is 5.79. The van der Waals surface area contributed by atoms with Crippen LogP contribution in [0.5, 0.6) is 0 Å². The van der Waals surface area contributed by atoms with Crippen molar-refractivity contribution in [2.45, 2.75) is 25.8 Å². The molecule has 2 heterocycles. The molecule has 1 aromatic heterocycles. The molecule has 1 saturated heterocycles. The summed E-state index contributed by atoms with van der Waals surface area (Å²) < 4.78 is 1.81. The van der Waals surface area contributed by atoms with Crippen molar-refractivity contribution in [3.63, 3.8) is 0 Å². The molecular weight excluding hydrogens is 276 g/mol. The number of nitrogens with one attached hydrogen (secondary N) is 2. The van der Waals surface area contributed by atoms with E-state index in [0.717, 1.165) is 30.8 Å². The van der Waals surface area contributed by atoms with Crippen LogP contribution in [0.4, 0.5) is 0 Å². The summed E-state index contributed by atoms with van der Waals surface area (Å²) >= 11 is 0. The zero-order valence-corrected chi connectivity index (χ0v) is 12.8. The number of piperidine rings is 1. The van der Waals surface area contributed by atoms with E-state index < -0.39 is 0 Å². The van der Waals surface area contributed by atoms with Gasteiger partial charge in [0.15, 0.2) is 0 Å². The van der Waals surface area contributed by atoms with Crippen molar-refractivity contribution >= 4 is 5.91 Å². The number of benzene rings is 1. The van der Waals surface area contributed by atoms with Crippen LogP contribution < -0.4 is 10.6 Å². The van der Waals surface area contributed by atoms with E-state index in [1.54, 1.807) is 10.9 Å². The second-order valence-electron chi connectivity index (χ2n) is 5.94. The average molecular weight is 298 g/mol. The van der Waals surface area contributed by atoms with E-state index in [9.17, 15) is 4.79 Å². The third-order valence-electron chi connectivity index (χ3n) is 4.20. The van der Waals surface area contributed by atoms with Crippen LogP contribution in [0.25, 0.3) is 5.69 Å². The maximum atomic E-state index is 12.2. The van der Waals surface area contributed by atoms with Crippen molar-refractivity contribution in [1.29, 1.82) is 0 Å². The Hall–Kier alpha value is -2.14. The van der Waals surface area contributed by atoms with E-state index in [4.69, 9.17) is 0 Å². The van der Waals surface area contributed by atoms with Crippen LogP contribution in [-0.2, 0) is 11.2 Å². The van der Waals surface area contributed by atoms with E-state index in [1.165, 1.54) is 0 Å². The number of nitrogens with zero attached hydrogens (tertiary/aromatic N) is 2. The van der Waals surface area contributed by atoms with Gasteiger partial charge in [-0.15, -0.1) is 0 Å². The van der Waals surface area contributed by atoms with Gasteiger partial charge in [-0.1, -0.05) is 19.1 Å². The van der Waals surface area contributed by atoms with E-state index in [1.807, 2.05) is 36.5 Å². The lowest BCUT2D eigenvalue weighted by Crippen LogP contribution is -2.48. The van der Waals surface area contributed by atoms with Gasteiger partial charge >= 0.3 is 0 Å². The molecule has 0 spiro atoms. The number of rotatable bonds is 4. The summed E-state index contributed by atoms with van der Waals surface area (Å²) in [5.41, 5.74) is 2.02. The first-order chi connectivity index (χ1) is 10.7. The number of hydrogen-bond acceptors (Lipinski definition) is 3. The molecule has 116 valence electrons. The number of aromatic nitrogens is 2. The molecule has 1 aromatic carbocycles. The van der Waals surface area contributed by atoms with Crippen LogP contribution in [0.3, 0.4) is 0 Å². The fourth-order valence-corrected chi connectivity index (χ4v) is 2.86. The van der Waals surface area contributed by atoms with Crippen molar-refractivity contribution in [2.75, 3.05) is 13.1 Å². The van der Waals surface area contributed by atoms with Gasteiger partial charge in [-0.25, -0.2) is 4.68 Å². The Labute approximate surface area is 130 Å². The SMILES string of the molecule is CC1CNCCC1NC(=O)Cc1ccc(-n2cccn2)cc1. The van der Waals surface area contributed by atoms with Crippen molar-refractivity contribution < 1.29 is 4.79 Å². The van der Waals surface area contributed by atoms with Crippen LogP contribution in [0.15, 0.2) is 42.7 Å². The van der Waals surface area contributed by atoms with Crippen molar-refractivity contribution in [3.05, 3.63) is 48.3 Å². The topological polar surface area (TPSA) is 58.9 Å². The molecule has 2 unspecified atom stereocenters. The summed E-state index contributed by atoms with van der Waals surface area (Å²) in [7, 11) is 0. The first-order valence-corrected chi connectivity index (χ1v) is 7.81. The van der Waals surface area contributed by atoms with Crippen molar-refractivity contribution in [3.8, 4) is 5.69 Å². The second kappa shape index (κ2) is 6.75. The van der Waals surface area contributed by atoms with Gasteiger partial charge in [0, 0.05) is 18.4 Å². The standard InChI is InChI=1S/C17H22N4O/c1-13-12-18-9-7-16(13)20-17(22)11-14-3-5-15(6-4-14)21-10-2-8-19-21/h2-6,8,10,13,16,18H,7,9,11-12H2,1H3,(H,20,22). The highest BCUT2D eigenvalue weighted by Crippen LogP contribution is 2.12. The van der Waals surface area contributed by atoms with Crippen LogP contribution in [0.2, 0.25) is 0 Å². The lowest BCUT2D eigenvalue weighted by molar-refractivity contribution is -0.121. The minimum absolute atomic E-state index is 0.102. The van der Waals surface area contributed by atoms with Gasteiger partial charge in [-0.2, -0.15) is 5.10 Å². The zero-order chi connectivity index (χ0) is 15.4. The van der Waals surface area contributed by atoms with E-state index in [0.29, 0.717) is 12.3 Å². The largest absolute Gasteiger partial charge is 0.353 e.